The van der Waals surface area contributed by atoms with Gasteiger partial charge in [0, 0.05) is 5.02 Å². The molecule has 0 aliphatic carbocycles. The third-order valence-electron chi connectivity index (χ3n) is 3.67. The van der Waals surface area contributed by atoms with E-state index in [2.05, 4.69) is 20.5 Å². The highest BCUT2D eigenvalue weighted by molar-refractivity contribution is 7.99. The Morgan fingerprint density at radius 2 is 2.00 bits per heavy atom. The smallest absolute Gasteiger partial charge is 0.230 e. The summed E-state index contributed by atoms with van der Waals surface area (Å²) in [4.78, 5) is 16.3. The molecule has 8 heteroatoms. The van der Waals surface area contributed by atoms with E-state index in [4.69, 9.17) is 11.6 Å². The summed E-state index contributed by atoms with van der Waals surface area (Å²) in [7, 11) is 0. The number of aromatic nitrogens is 3. The molecule has 3 rings (SSSR count). The molecule has 0 saturated carbocycles. The van der Waals surface area contributed by atoms with Gasteiger partial charge < -0.3 is 5.32 Å². The molecule has 0 unspecified atom stereocenters. The largest absolute Gasteiger partial charge is 0.349 e. The van der Waals surface area contributed by atoms with E-state index in [0.717, 1.165) is 5.56 Å². The Morgan fingerprint density at radius 3 is 2.73 bits per heavy atom. The number of aromatic amines is 1. The number of rotatable bonds is 6. The molecule has 0 aliphatic heterocycles. The SMILES string of the molecule is C[C@@H](NC(=O)CSc1n[nH]c(-c2ccccc2F)n1)c1ccc(Cl)cc1. The van der Waals surface area contributed by atoms with Crippen molar-refractivity contribution in [1.29, 1.82) is 0 Å². The van der Waals surface area contributed by atoms with Crippen LogP contribution in [-0.4, -0.2) is 26.8 Å². The molecule has 134 valence electrons. The van der Waals surface area contributed by atoms with Crippen LogP contribution in [0.3, 0.4) is 0 Å². The van der Waals surface area contributed by atoms with Crippen LogP contribution < -0.4 is 5.32 Å². The van der Waals surface area contributed by atoms with Crippen molar-refractivity contribution in [2.75, 3.05) is 5.75 Å². The van der Waals surface area contributed by atoms with Crippen molar-refractivity contribution in [1.82, 2.24) is 20.5 Å². The number of nitrogens with one attached hydrogen (secondary N) is 2. The number of benzene rings is 2. The van der Waals surface area contributed by atoms with Crippen LogP contribution in [0.4, 0.5) is 4.39 Å². The quantitative estimate of drug-likeness (QED) is 0.618. The summed E-state index contributed by atoms with van der Waals surface area (Å²) in [5, 5.41) is 10.7. The van der Waals surface area contributed by atoms with Gasteiger partial charge in [0.2, 0.25) is 11.1 Å². The van der Waals surface area contributed by atoms with Crippen LogP contribution >= 0.6 is 23.4 Å². The first-order chi connectivity index (χ1) is 12.5. The first kappa shape index (κ1) is 18.4. The van der Waals surface area contributed by atoms with Gasteiger partial charge in [0.05, 0.1) is 17.4 Å². The molecule has 3 aromatic rings. The zero-order valence-electron chi connectivity index (χ0n) is 13.9. The minimum Gasteiger partial charge on any atom is -0.349 e. The zero-order valence-corrected chi connectivity index (χ0v) is 15.4. The summed E-state index contributed by atoms with van der Waals surface area (Å²) >= 11 is 7.05. The average Bonchev–Trinajstić information content (AvgIpc) is 3.09. The topological polar surface area (TPSA) is 70.7 Å². The Labute approximate surface area is 159 Å². The van der Waals surface area contributed by atoms with Gasteiger partial charge >= 0.3 is 0 Å². The predicted octanol–water partition coefficient (Wildman–Crippen LogP) is 4.23. The Morgan fingerprint density at radius 1 is 1.27 bits per heavy atom. The van der Waals surface area contributed by atoms with E-state index in [-0.39, 0.29) is 23.5 Å². The molecule has 0 aliphatic rings. The molecule has 1 heterocycles. The molecule has 0 spiro atoms. The van der Waals surface area contributed by atoms with E-state index in [1.165, 1.54) is 17.8 Å². The van der Waals surface area contributed by atoms with Crippen molar-refractivity contribution in [3.63, 3.8) is 0 Å². The van der Waals surface area contributed by atoms with Gasteiger partial charge in [0.1, 0.15) is 5.82 Å². The van der Waals surface area contributed by atoms with Gasteiger partial charge in [-0.1, -0.05) is 47.6 Å². The maximum absolute atomic E-state index is 13.8. The van der Waals surface area contributed by atoms with E-state index >= 15 is 0 Å². The average molecular weight is 391 g/mol. The van der Waals surface area contributed by atoms with Crippen LogP contribution in [0.5, 0.6) is 0 Å². The Kier molecular flexibility index (Phi) is 5.90. The van der Waals surface area contributed by atoms with Gasteiger partial charge in [-0.05, 0) is 36.8 Å². The highest BCUT2D eigenvalue weighted by Crippen LogP contribution is 2.22. The molecular formula is C18H16ClFN4OS. The molecule has 2 aromatic carbocycles. The second-order valence-corrected chi connectivity index (χ2v) is 6.95. The molecule has 2 N–H and O–H groups in total. The van der Waals surface area contributed by atoms with Crippen molar-refractivity contribution < 1.29 is 9.18 Å². The Balaban J connectivity index is 1.55. The van der Waals surface area contributed by atoms with Crippen molar-refractivity contribution >= 4 is 29.3 Å². The maximum atomic E-state index is 13.8. The Bertz CT molecular complexity index is 900. The van der Waals surface area contributed by atoms with E-state index in [1.54, 1.807) is 30.3 Å². The van der Waals surface area contributed by atoms with Crippen LogP contribution in [-0.2, 0) is 4.79 Å². The van der Waals surface area contributed by atoms with Gasteiger partial charge in [-0.2, -0.15) is 0 Å². The summed E-state index contributed by atoms with van der Waals surface area (Å²) in [6, 6.07) is 13.5. The van der Waals surface area contributed by atoms with Crippen molar-refractivity contribution in [2.24, 2.45) is 0 Å². The van der Waals surface area contributed by atoms with Gasteiger partial charge in [0.15, 0.2) is 5.82 Å². The third kappa shape index (κ3) is 4.62. The fourth-order valence-electron chi connectivity index (χ4n) is 2.33. The van der Waals surface area contributed by atoms with E-state index in [0.29, 0.717) is 21.6 Å². The third-order valence-corrected chi connectivity index (χ3v) is 4.77. The lowest BCUT2D eigenvalue weighted by atomic mass is 10.1. The van der Waals surface area contributed by atoms with Crippen molar-refractivity contribution in [3.05, 3.63) is 64.9 Å². The monoisotopic (exact) mass is 390 g/mol. The fraction of sp³-hybridized carbons (Fsp3) is 0.167. The maximum Gasteiger partial charge on any atom is 0.230 e. The van der Waals surface area contributed by atoms with Crippen LogP contribution in [0.2, 0.25) is 5.02 Å². The van der Waals surface area contributed by atoms with Crippen molar-refractivity contribution in [2.45, 2.75) is 18.1 Å². The summed E-state index contributed by atoms with van der Waals surface area (Å²) in [6.45, 7) is 1.90. The number of amides is 1. The molecule has 1 amide bonds. The van der Waals surface area contributed by atoms with E-state index < -0.39 is 0 Å². The van der Waals surface area contributed by atoms with E-state index in [9.17, 15) is 9.18 Å². The number of carbonyl (C=O) groups is 1. The van der Waals surface area contributed by atoms with Gasteiger partial charge in [-0.25, -0.2) is 9.37 Å². The second-order valence-electron chi connectivity index (χ2n) is 5.58. The minimum atomic E-state index is -0.380. The highest BCUT2D eigenvalue weighted by Gasteiger charge is 2.13. The number of carbonyl (C=O) groups excluding carboxylic acids is 1. The van der Waals surface area contributed by atoms with Gasteiger partial charge in [0.25, 0.3) is 0 Å². The standard InChI is InChI=1S/C18H16ClFN4OS/c1-11(12-6-8-13(19)9-7-12)21-16(25)10-26-18-22-17(23-24-18)14-4-2-3-5-15(14)20/h2-9,11H,10H2,1H3,(H,21,25)(H,22,23,24)/t11-/m1/s1. The van der Waals surface area contributed by atoms with Crippen LogP contribution in [0.15, 0.2) is 53.7 Å². The number of thioether (sulfide) groups is 1. The molecule has 0 bridgehead atoms. The summed E-state index contributed by atoms with van der Waals surface area (Å²) in [5.74, 6) is -0.0306. The molecule has 0 saturated heterocycles. The zero-order chi connectivity index (χ0) is 18.5. The molecule has 1 aromatic heterocycles. The summed E-state index contributed by atoms with van der Waals surface area (Å²) < 4.78 is 13.8. The Hall–Kier alpha value is -2.38. The van der Waals surface area contributed by atoms with Gasteiger partial charge in [-0.3, -0.25) is 9.89 Å². The minimum absolute atomic E-state index is 0.138. The number of nitrogens with zero attached hydrogens (tertiary/aromatic N) is 2. The summed E-state index contributed by atoms with van der Waals surface area (Å²) in [5.41, 5.74) is 1.31. The first-order valence-corrected chi connectivity index (χ1v) is 9.24. The van der Waals surface area contributed by atoms with E-state index in [1.807, 2.05) is 19.1 Å². The van der Waals surface area contributed by atoms with Crippen LogP contribution in [0.1, 0.15) is 18.5 Å². The summed E-state index contributed by atoms with van der Waals surface area (Å²) in [6.07, 6.45) is 0. The van der Waals surface area contributed by atoms with Crippen LogP contribution in [0, 0.1) is 5.82 Å². The number of H-pyrrole nitrogens is 1. The number of hydrogen-bond acceptors (Lipinski definition) is 4. The van der Waals surface area contributed by atoms with Crippen molar-refractivity contribution in [3.8, 4) is 11.4 Å². The first-order valence-electron chi connectivity index (χ1n) is 7.88. The lowest BCUT2D eigenvalue weighted by Crippen LogP contribution is -2.28. The number of halogens is 2. The molecule has 0 fully saturated rings. The molecular weight excluding hydrogens is 375 g/mol. The predicted molar refractivity (Wildman–Crippen MR) is 101 cm³/mol. The fourth-order valence-corrected chi connectivity index (χ4v) is 3.07. The normalized spacial score (nSPS) is 12.0. The highest BCUT2D eigenvalue weighted by atomic mass is 35.5. The molecule has 0 radical (unpaired) electrons. The number of hydrogen-bond donors (Lipinski definition) is 2. The lowest BCUT2D eigenvalue weighted by molar-refractivity contribution is -0.119. The molecule has 5 nitrogen and oxygen atoms in total. The van der Waals surface area contributed by atoms with Crippen LogP contribution in [0.25, 0.3) is 11.4 Å². The molecule has 1 atom stereocenters. The van der Waals surface area contributed by atoms with Gasteiger partial charge in [-0.15, -0.1) is 5.10 Å². The lowest BCUT2D eigenvalue weighted by Gasteiger charge is -2.13. The second kappa shape index (κ2) is 8.33. The molecule has 26 heavy (non-hydrogen) atoms.